The highest BCUT2D eigenvalue weighted by Crippen LogP contribution is 2.28. The Hall–Kier alpha value is -1.83. The van der Waals surface area contributed by atoms with Crippen molar-refractivity contribution in [2.75, 3.05) is 18.7 Å². The lowest BCUT2D eigenvalue weighted by atomic mass is 10.0. The summed E-state index contributed by atoms with van der Waals surface area (Å²) in [4.78, 5) is 20.2. The van der Waals surface area contributed by atoms with Crippen molar-refractivity contribution in [1.82, 2.24) is 20.2 Å². The van der Waals surface area contributed by atoms with Crippen molar-refractivity contribution in [2.24, 2.45) is 5.92 Å². The first-order valence-electron chi connectivity index (χ1n) is 6.16. The number of methoxy groups -OCH3 is 1. The van der Waals surface area contributed by atoms with Crippen molar-refractivity contribution in [3.63, 3.8) is 0 Å². The summed E-state index contributed by atoms with van der Waals surface area (Å²) in [6.45, 7) is 3.88. The number of esters is 1. The Morgan fingerprint density at radius 1 is 1.45 bits per heavy atom. The summed E-state index contributed by atoms with van der Waals surface area (Å²) in [7, 11) is 1.38. The van der Waals surface area contributed by atoms with Gasteiger partial charge in [-0.3, -0.25) is 5.10 Å². The van der Waals surface area contributed by atoms with Gasteiger partial charge in [0.05, 0.1) is 12.5 Å². The van der Waals surface area contributed by atoms with Crippen LogP contribution >= 0.6 is 11.8 Å². The number of hydrogen-bond donors (Lipinski definition) is 2. The topological polar surface area (TPSA) is 92.8 Å². The SMILES string of the molecule is COC(=O)C(Nc1ncnc2[nH]nc(SC)c12)C(C)C. The van der Waals surface area contributed by atoms with E-state index in [2.05, 4.69) is 25.5 Å². The summed E-state index contributed by atoms with van der Waals surface area (Å²) in [5.74, 6) is 0.329. The number of hydrogen-bond acceptors (Lipinski definition) is 7. The van der Waals surface area contributed by atoms with Crippen LogP contribution in [0.4, 0.5) is 5.82 Å². The van der Waals surface area contributed by atoms with Gasteiger partial charge in [0.25, 0.3) is 0 Å². The monoisotopic (exact) mass is 295 g/mol. The third kappa shape index (κ3) is 2.69. The van der Waals surface area contributed by atoms with Crippen molar-refractivity contribution in [3.8, 4) is 0 Å². The molecule has 20 heavy (non-hydrogen) atoms. The lowest BCUT2D eigenvalue weighted by Crippen LogP contribution is -2.35. The molecular weight excluding hydrogens is 278 g/mol. The number of thioether (sulfide) groups is 1. The van der Waals surface area contributed by atoms with Crippen LogP contribution in [0.2, 0.25) is 0 Å². The molecule has 1 unspecified atom stereocenters. The molecule has 0 fully saturated rings. The number of fused-ring (bicyclic) bond motifs is 1. The molecule has 108 valence electrons. The minimum atomic E-state index is -0.470. The maximum absolute atomic E-state index is 11.8. The molecule has 0 aliphatic rings. The van der Waals surface area contributed by atoms with Crippen molar-refractivity contribution in [3.05, 3.63) is 6.33 Å². The second-order valence-electron chi connectivity index (χ2n) is 4.57. The fourth-order valence-corrected chi connectivity index (χ4v) is 2.40. The second kappa shape index (κ2) is 6.08. The highest BCUT2D eigenvalue weighted by Gasteiger charge is 2.25. The first-order valence-corrected chi connectivity index (χ1v) is 7.38. The molecule has 2 heterocycles. The van der Waals surface area contributed by atoms with Crippen LogP contribution in [0.25, 0.3) is 11.0 Å². The van der Waals surface area contributed by atoms with Crippen LogP contribution in [-0.4, -0.2) is 45.5 Å². The second-order valence-corrected chi connectivity index (χ2v) is 5.36. The zero-order valence-corrected chi connectivity index (χ0v) is 12.6. The first-order chi connectivity index (χ1) is 9.58. The minimum Gasteiger partial charge on any atom is -0.467 e. The van der Waals surface area contributed by atoms with Gasteiger partial charge in [0.2, 0.25) is 0 Å². The number of aromatic nitrogens is 4. The number of carbonyl (C=O) groups is 1. The van der Waals surface area contributed by atoms with E-state index < -0.39 is 6.04 Å². The van der Waals surface area contributed by atoms with Gasteiger partial charge in [0, 0.05) is 0 Å². The Morgan fingerprint density at radius 2 is 2.20 bits per heavy atom. The Balaban J connectivity index is 2.41. The van der Waals surface area contributed by atoms with Crippen LogP contribution in [0.15, 0.2) is 11.4 Å². The molecule has 0 aromatic carbocycles. The average molecular weight is 295 g/mol. The highest BCUT2D eigenvalue weighted by atomic mass is 32.2. The number of nitrogens with zero attached hydrogens (tertiary/aromatic N) is 3. The van der Waals surface area contributed by atoms with E-state index in [4.69, 9.17) is 4.74 Å². The summed E-state index contributed by atoms with van der Waals surface area (Å²) in [5, 5.41) is 11.7. The molecule has 0 saturated carbocycles. The number of H-pyrrole nitrogens is 1. The Morgan fingerprint density at radius 3 is 2.80 bits per heavy atom. The Labute approximate surface area is 120 Å². The van der Waals surface area contributed by atoms with Gasteiger partial charge in [-0.15, -0.1) is 11.8 Å². The minimum absolute atomic E-state index is 0.0668. The number of aromatic amines is 1. The number of nitrogens with one attached hydrogen (secondary N) is 2. The molecule has 2 aromatic rings. The lowest BCUT2D eigenvalue weighted by molar-refractivity contribution is -0.142. The molecule has 0 aliphatic carbocycles. The Bertz CT molecular complexity index is 613. The molecule has 2 N–H and O–H groups in total. The van der Waals surface area contributed by atoms with Gasteiger partial charge < -0.3 is 10.1 Å². The van der Waals surface area contributed by atoms with Gasteiger partial charge in [-0.1, -0.05) is 13.8 Å². The van der Waals surface area contributed by atoms with Crippen LogP contribution in [0.3, 0.4) is 0 Å². The predicted octanol–water partition coefficient (Wildman–Crippen LogP) is 1.68. The summed E-state index contributed by atoms with van der Waals surface area (Å²) in [6, 6.07) is -0.470. The highest BCUT2D eigenvalue weighted by molar-refractivity contribution is 7.98. The van der Waals surface area contributed by atoms with Gasteiger partial charge in [-0.2, -0.15) is 5.10 Å². The average Bonchev–Trinajstić information content (AvgIpc) is 2.87. The molecule has 1 atom stereocenters. The number of ether oxygens (including phenoxy) is 1. The number of anilines is 1. The molecule has 0 spiro atoms. The smallest absolute Gasteiger partial charge is 0.328 e. The standard InChI is InChI=1S/C12H17N5O2S/c1-6(2)8(12(18)19-3)15-9-7-10(14-5-13-9)16-17-11(7)20-4/h5-6,8H,1-4H3,(H2,13,14,15,16,17). The van der Waals surface area contributed by atoms with E-state index in [-0.39, 0.29) is 11.9 Å². The third-order valence-corrected chi connectivity index (χ3v) is 3.61. The van der Waals surface area contributed by atoms with E-state index in [0.717, 1.165) is 10.4 Å². The molecular formula is C12H17N5O2S. The van der Waals surface area contributed by atoms with Crippen molar-refractivity contribution in [2.45, 2.75) is 24.9 Å². The van der Waals surface area contributed by atoms with Crippen LogP contribution in [0, 0.1) is 5.92 Å². The molecule has 2 aromatic heterocycles. The predicted molar refractivity (Wildman–Crippen MR) is 77.7 cm³/mol. The van der Waals surface area contributed by atoms with Crippen molar-refractivity contribution in [1.29, 1.82) is 0 Å². The van der Waals surface area contributed by atoms with Gasteiger partial charge in [0.15, 0.2) is 5.65 Å². The van der Waals surface area contributed by atoms with Crippen LogP contribution in [0.1, 0.15) is 13.8 Å². The molecule has 8 heteroatoms. The Kier molecular flexibility index (Phi) is 4.43. The van der Waals surface area contributed by atoms with E-state index in [1.807, 2.05) is 20.1 Å². The summed E-state index contributed by atoms with van der Waals surface area (Å²) in [6.07, 6.45) is 3.36. The zero-order valence-electron chi connectivity index (χ0n) is 11.8. The fourth-order valence-electron chi connectivity index (χ4n) is 1.86. The van der Waals surface area contributed by atoms with Gasteiger partial charge >= 0.3 is 5.97 Å². The number of rotatable bonds is 5. The van der Waals surface area contributed by atoms with Crippen LogP contribution < -0.4 is 5.32 Å². The molecule has 0 radical (unpaired) electrons. The van der Waals surface area contributed by atoms with Gasteiger partial charge in [-0.25, -0.2) is 14.8 Å². The molecule has 0 aliphatic heterocycles. The van der Waals surface area contributed by atoms with E-state index in [9.17, 15) is 4.79 Å². The molecule has 2 rings (SSSR count). The van der Waals surface area contributed by atoms with E-state index in [1.165, 1.54) is 25.2 Å². The van der Waals surface area contributed by atoms with Crippen LogP contribution in [-0.2, 0) is 9.53 Å². The van der Waals surface area contributed by atoms with Crippen molar-refractivity contribution >= 4 is 34.6 Å². The quantitative estimate of drug-likeness (QED) is 0.640. The van der Waals surface area contributed by atoms with Gasteiger partial charge in [0.1, 0.15) is 23.2 Å². The lowest BCUT2D eigenvalue weighted by Gasteiger charge is -2.20. The van der Waals surface area contributed by atoms with E-state index >= 15 is 0 Å². The maximum atomic E-state index is 11.8. The molecule has 7 nitrogen and oxygen atoms in total. The molecule has 0 amide bonds. The van der Waals surface area contributed by atoms with Crippen molar-refractivity contribution < 1.29 is 9.53 Å². The summed E-state index contributed by atoms with van der Waals surface area (Å²) >= 11 is 1.49. The molecule has 0 saturated heterocycles. The van der Waals surface area contributed by atoms with E-state index in [1.54, 1.807) is 0 Å². The summed E-state index contributed by atoms with van der Waals surface area (Å²) in [5.41, 5.74) is 0.638. The maximum Gasteiger partial charge on any atom is 0.328 e. The third-order valence-electron chi connectivity index (χ3n) is 2.93. The fraction of sp³-hybridized carbons (Fsp3) is 0.500. The number of carbonyl (C=O) groups excluding carboxylic acids is 1. The van der Waals surface area contributed by atoms with E-state index in [0.29, 0.717) is 11.5 Å². The first kappa shape index (κ1) is 14.6. The summed E-state index contributed by atoms with van der Waals surface area (Å²) < 4.78 is 4.82. The largest absolute Gasteiger partial charge is 0.467 e. The van der Waals surface area contributed by atoms with Gasteiger partial charge in [-0.05, 0) is 12.2 Å². The molecule has 0 bridgehead atoms. The zero-order chi connectivity index (χ0) is 14.7. The normalized spacial score (nSPS) is 12.7. The van der Waals surface area contributed by atoms with Crippen LogP contribution in [0.5, 0.6) is 0 Å².